The van der Waals surface area contributed by atoms with Crippen LogP contribution in [0, 0.1) is 6.92 Å². The van der Waals surface area contributed by atoms with Crippen LogP contribution in [-0.4, -0.2) is 44.1 Å². The highest BCUT2D eigenvalue weighted by atomic mass is 35.5. The lowest BCUT2D eigenvalue weighted by molar-refractivity contribution is 0.0942. The van der Waals surface area contributed by atoms with Gasteiger partial charge in [0, 0.05) is 23.7 Å². The minimum absolute atomic E-state index is 0.151. The number of benzene rings is 2. The zero-order valence-electron chi connectivity index (χ0n) is 18.4. The van der Waals surface area contributed by atoms with Gasteiger partial charge in [-0.25, -0.2) is 4.98 Å². The molecular weight excluding hydrogens is 428 g/mol. The van der Waals surface area contributed by atoms with E-state index in [1.54, 1.807) is 6.07 Å². The Morgan fingerprint density at radius 3 is 2.31 bits per heavy atom. The molecule has 8 heteroatoms. The highest BCUT2D eigenvalue weighted by molar-refractivity contribution is 6.31. The molecule has 1 amide bonds. The van der Waals surface area contributed by atoms with Gasteiger partial charge in [0.15, 0.2) is 11.5 Å². The first kappa shape index (κ1) is 23.5. The fraction of sp³-hybridized carbons (Fsp3) is 0.292. The predicted molar refractivity (Wildman–Crippen MR) is 125 cm³/mol. The molecule has 168 valence electrons. The Balaban J connectivity index is 1.79. The number of nitrogens with zero attached hydrogens (tertiary/aromatic N) is 3. The van der Waals surface area contributed by atoms with E-state index < -0.39 is 17.5 Å². The SMILES string of the molecule is CCN(CC)Cc1ccc(-c2nc(O)c(O)c(C(=O)NCc3ccc(C)c(Cl)c3)n2)cc1. The molecule has 0 spiro atoms. The standard InChI is InChI=1S/C24H27ClN4O3/c1-4-29(5-2)14-16-8-10-18(11-9-16)22-27-20(21(30)24(32)28-22)23(31)26-13-17-7-6-15(3)19(25)12-17/h6-12,30H,4-5,13-14H2,1-3H3,(H,26,31)(H,27,28,32). The fourth-order valence-electron chi connectivity index (χ4n) is 3.21. The Hall–Kier alpha value is -3.16. The number of aromatic hydroxyl groups is 2. The van der Waals surface area contributed by atoms with E-state index in [1.807, 2.05) is 43.3 Å². The van der Waals surface area contributed by atoms with Crippen molar-refractivity contribution in [2.75, 3.05) is 13.1 Å². The van der Waals surface area contributed by atoms with Gasteiger partial charge in [0.2, 0.25) is 5.75 Å². The maximum Gasteiger partial charge on any atom is 0.274 e. The summed E-state index contributed by atoms with van der Waals surface area (Å²) in [5.41, 5.74) is 3.21. The van der Waals surface area contributed by atoms with E-state index in [0.717, 1.165) is 36.3 Å². The summed E-state index contributed by atoms with van der Waals surface area (Å²) in [7, 11) is 0. The molecule has 0 radical (unpaired) electrons. The van der Waals surface area contributed by atoms with Crippen molar-refractivity contribution < 1.29 is 15.0 Å². The predicted octanol–water partition coefficient (Wildman–Crippen LogP) is 4.29. The van der Waals surface area contributed by atoms with Gasteiger partial charge in [-0.2, -0.15) is 4.98 Å². The minimum atomic E-state index is -0.661. The average molecular weight is 455 g/mol. The third-order valence-corrected chi connectivity index (χ3v) is 5.69. The van der Waals surface area contributed by atoms with Crippen LogP contribution in [0.4, 0.5) is 0 Å². The van der Waals surface area contributed by atoms with Crippen molar-refractivity contribution in [1.82, 2.24) is 20.2 Å². The highest BCUT2D eigenvalue weighted by Crippen LogP contribution is 2.29. The van der Waals surface area contributed by atoms with E-state index in [4.69, 9.17) is 11.6 Å². The molecular formula is C24H27ClN4O3. The number of carbonyl (C=O) groups excluding carboxylic acids is 1. The van der Waals surface area contributed by atoms with E-state index in [-0.39, 0.29) is 18.1 Å². The first-order valence-electron chi connectivity index (χ1n) is 10.5. The monoisotopic (exact) mass is 454 g/mol. The minimum Gasteiger partial charge on any atom is -0.501 e. The normalized spacial score (nSPS) is 11.0. The Labute approximate surface area is 192 Å². The molecule has 0 unspecified atom stereocenters. The molecule has 1 aromatic heterocycles. The number of aromatic nitrogens is 2. The van der Waals surface area contributed by atoms with Gasteiger partial charge in [0.05, 0.1) is 0 Å². The molecule has 0 aliphatic rings. The molecule has 32 heavy (non-hydrogen) atoms. The van der Waals surface area contributed by atoms with E-state index in [2.05, 4.69) is 34.0 Å². The topological polar surface area (TPSA) is 98.6 Å². The van der Waals surface area contributed by atoms with E-state index in [9.17, 15) is 15.0 Å². The summed E-state index contributed by atoms with van der Waals surface area (Å²) in [4.78, 5) is 23.1. The number of carbonyl (C=O) groups is 1. The van der Waals surface area contributed by atoms with Gasteiger partial charge >= 0.3 is 0 Å². The summed E-state index contributed by atoms with van der Waals surface area (Å²) < 4.78 is 0. The zero-order chi connectivity index (χ0) is 23.3. The molecule has 0 fully saturated rings. The molecule has 7 nitrogen and oxygen atoms in total. The second-order valence-electron chi connectivity index (χ2n) is 7.49. The largest absolute Gasteiger partial charge is 0.501 e. The number of amides is 1. The zero-order valence-corrected chi connectivity index (χ0v) is 19.1. The number of hydrogen-bond donors (Lipinski definition) is 3. The fourth-order valence-corrected chi connectivity index (χ4v) is 3.41. The Bertz CT molecular complexity index is 1100. The third kappa shape index (κ3) is 5.55. The van der Waals surface area contributed by atoms with Crippen molar-refractivity contribution in [2.45, 2.75) is 33.9 Å². The molecule has 1 heterocycles. The van der Waals surface area contributed by atoms with E-state index >= 15 is 0 Å². The second kappa shape index (κ2) is 10.4. The molecule has 3 aromatic rings. The van der Waals surface area contributed by atoms with Crippen molar-refractivity contribution >= 4 is 17.5 Å². The van der Waals surface area contributed by atoms with Crippen molar-refractivity contribution in [1.29, 1.82) is 0 Å². The van der Waals surface area contributed by atoms with Gasteiger partial charge in [0.1, 0.15) is 0 Å². The maximum absolute atomic E-state index is 12.7. The van der Waals surface area contributed by atoms with Gasteiger partial charge in [-0.3, -0.25) is 9.69 Å². The molecule has 3 N–H and O–H groups in total. The average Bonchev–Trinajstić information content (AvgIpc) is 2.80. The number of aryl methyl sites for hydroxylation is 1. The number of halogens is 1. The van der Waals surface area contributed by atoms with Crippen LogP contribution in [0.2, 0.25) is 5.02 Å². The lowest BCUT2D eigenvalue weighted by Gasteiger charge is -2.18. The maximum atomic E-state index is 12.7. The van der Waals surface area contributed by atoms with Gasteiger partial charge in [-0.1, -0.05) is 61.8 Å². The van der Waals surface area contributed by atoms with Crippen LogP contribution in [0.5, 0.6) is 11.6 Å². The van der Waals surface area contributed by atoms with Gasteiger partial charge < -0.3 is 15.5 Å². The molecule has 0 aliphatic carbocycles. The second-order valence-corrected chi connectivity index (χ2v) is 7.90. The Morgan fingerprint density at radius 2 is 1.69 bits per heavy atom. The van der Waals surface area contributed by atoms with Gasteiger partial charge in [-0.05, 0) is 42.8 Å². The molecule has 0 aliphatic heterocycles. The van der Waals surface area contributed by atoms with Crippen LogP contribution < -0.4 is 5.32 Å². The van der Waals surface area contributed by atoms with Crippen molar-refractivity contribution in [2.24, 2.45) is 0 Å². The first-order chi connectivity index (χ1) is 15.3. The molecule has 0 saturated heterocycles. The van der Waals surface area contributed by atoms with Crippen molar-refractivity contribution in [3.05, 3.63) is 69.9 Å². The molecule has 0 saturated carbocycles. The van der Waals surface area contributed by atoms with E-state index in [1.165, 1.54) is 0 Å². The van der Waals surface area contributed by atoms with Crippen molar-refractivity contribution in [3.63, 3.8) is 0 Å². The lowest BCUT2D eigenvalue weighted by atomic mass is 10.1. The summed E-state index contributed by atoms with van der Waals surface area (Å²) in [5.74, 6) is -1.79. The number of rotatable bonds is 8. The van der Waals surface area contributed by atoms with Crippen LogP contribution in [0.15, 0.2) is 42.5 Å². The summed E-state index contributed by atoms with van der Waals surface area (Å²) in [6.07, 6.45) is 0. The van der Waals surface area contributed by atoms with Crippen LogP contribution in [0.3, 0.4) is 0 Å². The third-order valence-electron chi connectivity index (χ3n) is 5.28. The Morgan fingerprint density at radius 1 is 1.03 bits per heavy atom. The van der Waals surface area contributed by atoms with Gasteiger partial charge in [0.25, 0.3) is 11.8 Å². The van der Waals surface area contributed by atoms with Crippen LogP contribution in [-0.2, 0) is 13.1 Å². The smallest absolute Gasteiger partial charge is 0.274 e. The van der Waals surface area contributed by atoms with Crippen molar-refractivity contribution in [3.8, 4) is 23.0 Å². The number of hydrogen-bond acceptors (Lipinski definition) is 6. The molecule has 0 atom stereocenters. The summed E-state index contributed by atoms with van der Waals surface area (Å²) in [6.45, 7) is 9.06. The van der Waals surface area contributed by atoms with Gasteiger partial charge in [-0.15, -0.1) is 0 Å². The summed E-state index contributed by atoms with van der Waals surface area (Å²) in [6, 6.07) is 13.1. The summed E-state index contributed by atoms with van der Waals surface area (Å²) >= 11 is 6.13. The lowest BCUT2D eigenvalue weighted by Crippen LogP contribution is -2.24. The summed E-state index contributed by atoms with van der Waals surface area (Å²) in [5, 5.41) is 23.5. The highest BCUT2D eigenvalue weighted by Gasteiger charge is 2.20. The quantitative estimate of drug-likeness (QED) is 0.469. The number of nitrogens with one attached hydrogen (secondary N) is 1. The molecule has 0 bridgehead atoms. The van der Waals surface area contributed by atoms with Crippen LogP contribution >= 0.6 is 11.6 Å². The van der Waals surface area contributed by atoms with Crippen LogP contribution in [0.25, 0.3) is 11.4 Å². The molecule has 2 aromatic carbocycles. The van der Waals surface area contributed by atoms with Crippen LogP contribution in [0.1, 0.15) is 41.0 Å². The van der Waals surface area contributed by atoms with E-state index in [0.29, 0.717) is 10.6 Å². The molecule has 3 rings (SSSR count). The first-order valence-corrected chi connectivity index (χ1v) is 10.8. The Kier molecular flexibility index (Phi) is 7.66.